The van der Waals surface area contributed by atoms with E-state index in [4.69, 9.17) is 4.74 Å². The Hall–Kier alpha value is -1.35. The van der Waals surface area contributed by atoms with Crippen molar-refractivity contribution < 1.29 is 9.53 Å². The van der Waals surface area contributed by atoms with Crippen LogP contribution < -0.4 is 16.0 Å². The lowest BCUT2D eigenvalue weighted by atomic mass is 10.1. The standard InChI is InChI=1S/C21H34N4O2.HI/c1-3-27-14-7-6-13-23-21(22-2)24-16-17-9-8-12-19(15-17)25-20(26)18-10-4-5-11-18;/h8-9,12,15,18H,3-7,10-11,13-14,16H2,1-2H3,(H,25,26)(H2,22,23,24);1H. The van der Waals surface area contributed by atoms with Crippen LogP contribution in [0.5, 0.6) is 0 Å². The maximum Gasteiger partial charge on any atom is 0.227 e. The van der Waals surface area contributed by atoms with E-state index >= 15 is 0 Å². The number of unbranched alkanes of at least 4 members (excludes halogenated alkanes) is 1. The van der Waals surface area contributed by atoms with Crippen molar-refractivity contribution in [2.45, 2.75) is 52.0 Å². The van der Waals surface area contributed by atoms with Gasteiger partial charge < -0.3 is 20.7 Å². The highest BCUT2D eigenvalue weighted by molar-refractivity contribution is 14.0. The third-order valence-electron chi connectivity index (χ3n) is 4.82. The van der Waals surface area contributed by atoms with Crippen LogP contribution in [0.4, 0.5) is 5.69 Å². The van der Waals surface area contributed by atoms with Gasteiger partial charge in [0.15, 0.2) is 5.96 Å². The van der Waals surface area contributed by atoms with E-state index < -0.39 is 0 Å². The minimum Gasteiger partial charge on any atom is -0.382 e. The Morgan fingerprint density at radius 3 is 2.71 bits per heavy atom. The van der Waals surface area contributed by atoms with Gasteiger partial charge in [-0.05, 0) is 50.3 Å². The molecule has 0 bridgehead atoms. The van der Waals surface area contributed by atoms with Crippen molar-refractivity contribution in [1.29, 1.82) is 0 Å². The second kappa shape index (κ2) is 14.6. The number of halogens is 1. The van der Waals surface area contributed by atoms with E-state index in [1.807, 2.05) is 31.2 Å². The Morgan fingerprint density at radius 2 is 2.00 bits per heavy atom. The van der Waals surface area contributed by atoms with Gasteiger partial charge in [0.25, 0.3) is 0 Å². The van der Waals surface area contributed by atoms with E-state index in [2.05, 4.69) is 20.9 Å². The predicted octanol–water partition coefficient (Wildman–Crippen LogP) is 3.92. The molecule has 1 fully saturated rings. The normalized spacial score (nSPS) is 14.4. The number of anilines is 1. The molecule has 3 N–H and O–H groups in total. The summed E-state index contributed by atoms with van der Waals surface area (Å²) in [6.07, 6.45) is 6.45. The maximum absolute atomic E-state index is 12.3. The summed E-state index contributed by atoms with van der Waals surface area (Å²) in [4.78, 5) is 16.5. The summed E-state index contributed by atoms with van der Waals surface area (Å²) < 4.78 is 5.34. The number of nitrogens with zero attached hydrogens (tertiary/aromatic N) is 1. The van der Waals surface area contributed by atoms with Gasteiger partial charge in [0.2, 0.25) is 5.91 Å². The Labute approximate surface area is 186 Å². The first-order valence-electron chi connectivity index (χ1n) is 10.1. The minimum absolute atomic E-state index is 0. The Kier molecular flexibility index (Phi) is 12.9. The molecule has 1 saturated carbocycles. The van der Waals surface area contributed by atoms with Crippen LogP contribution in [0.15, 0.2) is 29.3 Å². The predicted molar refractivity (Wildman–Crippen MR) is 126 cm³/mol. The third kappa shape index (κ3) is 9.23. The van der Waals surface area contributed by atoms with Crippen LogP contribution in [0.1, 0.15) is 51.0 Å². The van der Waals surface area contributed by atoms with Crippen molar-refractivity contribution in [2.75, 3.05) is 32.1 Å². The van der Waals surface area contributed by atoms with Gasteiger partial charge in [0.1, 0.15) is 0 Å². The van der Waals surface area contributed by atoms with Crippen LogP contribution in [-0.2, 0) is 16.1 Å². The molecule has 0 unspecified atom stereocenters. The number of amides is 1. The smallest absolute Gasteiger partial charge is 0.227 e. The molecule has 6 nitrogen and oxygen atoms in total. The highest BCUT2D eigenvalue weighted by Gasteiger charge is 2.22. The van der Waals surface area contributed by atoms with Gasteiger partial charge in [-0.25, -0.2) is 0 Å². The van der Waals surface area contributed by atoms with E-state index in [1.165, 1.54) is 12.8 Å². The second-order valence-corrected chi connectivity index (χ2v) is 6.93. The lowest BCUT2D eigenvalue weighted by Crippen LogP contribution is -2.37. The van der Waals surface area contributed by atoms with E-state index in [0.717, 1.165) is 62.7 Å². The van der Waals surface area contributed by atoms with Crippen molar-refractivity contribution in [1.82, 2.24) is 10.6 Å². The van der Waals surface area contributed by atoms with Crippen molar-refractivity contribution in [3.63, 3.8) is 0 Å². The van der Waals surface area contributed by atoms with Crippen LogP contribution in [0.25, 0.3) is 0 Å². The molecular weight excluding hydrogens is 467 g/mol. The fourth-order valence-electron chi connectivity index (χ4n) is 3.28. The van der Waals surface area contributed by atoms with Gasteiger partial charge in [-0.1, -0.05) is 25.0 Å². The number of aliphatic imine (C=N–C) groups is 1. The molecule has 158 valence electrons. The number of ether oxygens (including phenoxy) is 1. The first-order chi connectivity index (χ1) is 13.2. The summed E-state index contributed by atoms with van der Waals surface area (Å²) in [7, 11) is 1.77. The van der Waals surface area contributed by atoms with Gasteiger partial charge in [-0.3, -0.25) is 9.79 Å². The maximum atomic E-state index is 12.3. The first kappa shape index (κ1) is 24.7. The van der Waals surface area contributed by atoms with Crippen LogP contribution >= 0.6 is 24.0 Å². The summed E-state index contributed by atoms with van der Waals surface area (Å²) >= 11 is 0. The van der Waals surface area contributed by atoms with E-state index in [9.17, 15) is 4.79 Å². The summed E-state index contributed by atoms with van der Waals surface area (Å²) in [5.74, 6) is 1.12. The molecule has 0 atom stereocenters. The molecule has 1 aromatic carbocycles. The summed E-state index contributed by atoms with van der Waals surface area (Å²) in [6, 6.07) is 8.00. The third-order valence-corrected chi connectivity index (χ3v) is 4.82. The van der Waals surface area contributed by atoms with E-state index in [1.54, 1.807) is 7.05 Å². The van der Waals surface area contributed by atoms with Crippen LogP contribution in [0.2, 0.25) is 0 Å². The lowest BCUT2D eigenvalue weighted by Gasteiger charge is -2.14. The number of carbonyl (C=O) groups excluding carboxylic acids is 1. The number of carbonyl (C=O) groups is 1. The molecular formula is C21H35IN4O2. The number of hydrogen-bond donors (Lipinski definition) is 3. The highest BCUT2D eigenvalue weighted by atomic mass is 127. The largest absolute Gasteiger partial charge is 0.382 e. The van der Waals surface area contributed by atoms with Crippen LogP contribution in [0.3, 0.4) is 0 Å². The van der Waals surface area contributed by atoms with Gasteiger partial charge in [-0.15, -0.1) is 24.0 Å². The number of rotatable bonds is 10. The lowest BCUT2D eigenvalue weighted by molar-refractivity contribution is -0.119. The SMILES string of the molecule is CCOCCCCNC(=NC)NCc1cccc(NC(=O)C2CCCC2)c1.I. The number of benzene rings is 1. The highest BCUT2D eigenvalue weighted by Crippen LogP contribution is 2.26. The summed E-state index contributed by atoms with van der Waals surface area (Å²) in [5, 5.41) is 9.69. The van der Waals surface area contributed by atoms with E-state index in [-0.39, 0.29) is 35.8 Å². The molecule has 0 saturated heterocycles. The van der Waals surface area contributed by atoms with Gasteiger partial charge >= 0.3 is 0 Å². The molecule has 0 aromatic heterocycles. The molecule has 0 heterocycles. The number of guanidine groups is 1. The van der Waals surface area contributed by atoms with Crippen molar-refractivity contribution in [3.05, 3.63) is 29.8 Å². The zero-order chi connectivity index (χ0) is 19.3. The molecule has 0 spiro atoms. The number of hydrogen-bond acceptors (Lipinski definition) is 3. The Balaban J connectivity index is 0.00000392. The van der Waals surface area contributed by atoms with Gasteiger partial charge in [-0.2, -0.15) is 0 Å². The van der Waals surface area contributed by atoms with Crippen LogP contribution in [0, 0.1) is 5.92 Å². The molecule has 1 aliphatic rings. The Morgan fingerprint density at radius 1 is 1.21 bits per heavy atom. The van der Waals surface area contributed by atoms with Gasteiger partial charge in [0.05, 0.1) is 0 Å². The molecule has 1 amide bonds. The molecule has 1 aliphatic carbocycles. The monoisotopic (exact) mass is 502 g/mol. The van der Waals surface area contributed by atoms with Crippen molar-refractivity contribution in [2.24, 2.45) is 10.9 Å². The fraction of sp³-hybridized carbons (Fsp3) is 0.619. The quantitative estimate of drug-likeness (QED) is 0.196. The molecule has 28 heavy (non-hydrogen) atoms. The minimum atomic E-state index is 0. The molecule has 0 radical (unpaired) electrons. The average Bonchev–Trinajstić information content (AvgIpc) is 3.22. The average molecular weight is 502 g/mol. The zero-order valence-corrected chi connectivity index (χ0v) is 19.5. The Bertz CT molecular complexity index is 604. The van der Waals surface area contributed by atoms with E-state index in [0.29, 0.717) is 6.54 Å². The fourth-order valence-corrected chi connectivity index (χ4v) is 3.28. The second-order valence-electron chi connectivity index (χ2n) is 6.93. The summed E-state index contributed by atoms with van der Waals surface area (Å²) in [6.45, 7) is 5.12. The molecule has 7 heteroatoms. The molecule has 0 aliphatic heterocycles. The van der Waals surface area contributed by atoms with Crippen LogP contribution in [-0.4, -0.2) is 38.7 Å². The molecule has 2 rings (SSSR count). The topological polar surface area (TPSA) is 74.8 Å². The van der Waals surface area contributed by atoms with Gasteiger partial charge in [0, 0.05) is 45.0 Å². The zero-order valence-electron chi connectivity index (χ0n) is 17.1. The van der Waals surface area contributed by atoms with Crippen molar-refractivity contribution in [3.8, 4) is 0 Å². The summed E-state index contributed by atoms with van der Waals surface area (Å²) in [5.41, 5.74) is 1.98. The van der Waals surface area contributed by atoms with Crippen molar-refractivity contribution >= 4 is 41.5 Å². The first-order valence-corrected chi connectivity index (χ1v) is 10.1. The molecule has 1 aromatic rings. The number of nitrogens with one attached hydrogen (secondary N) is 3.